The Balaban J connectivity index is 1.82. The second-order valence-corrected chi connectivity index (χ2v) is 6.73. The molecule has 2 rings (SSSR count). The van der Waals surface area contributed by atoms with Crippen LogP contribution in [0.15, 0.2) is 22.7 Å². The number of nitro groups is 1. The Morgan fingerprint density at radius 1 is 1.29 bits per heavy atom. The van der Waals surface area contributed by atoms with Crippen LogP contribution in [0.2, 0.25) is 0 Å². The first-order valence-corrected chi connectivity index (χ1v) is 8.53. The lowest BCUT2D eigenvalue weighted by atomic mass is 9.81. The molecule has 4 nitrogen and oxygen atoms in total. The van der Waals surface area contributed by atoms with Crippen molar-refractivity contribution in [2.24, 2.45) is 11.8 Å². The maximum Gasteiger partial charge on any atom is 0.283 e. The van der Waals surface area contributed by atoms with Crippen molar-refractivity contribution in [2.45, 2.75) is 45.6 Å². The smallest absolute Gasteiger partial charge is 0.283 e. The van der Waals surface area contributed by atoms with Crippen molar-refractivity contribution in [1.82, 2.24) is 5.32 Å². The van der Waals surface area contributed by atoms with E-state index in [9.17, 15) is 10.1 Å². The SMILES string of the molecule is CCC1CCC(CNCc2cccc([N+](=O)[O-])c2Br)CC1. The van der Waals surface area contributed by atoms with E-state index in [4.69, 9.17) is 0 Å². The summed E-state index contributed by atoms with van der Waals surface area (Å²) in [4.78, 5) is 10.6. The first-order valence-electron chi connectivity index (χ1n) is 7.74. The van der Waals surface area contributed by atoms with E-state index in [1.54, 1.807) is 6.07 Å². The zero-order chi connectivity index (χ0) is 15.2. The van der Waals surface area contributed by atoms with Crippen LogP contribution in [0.3, 0.4) is 0 Å². The van der Waals surface area contributed by atoms with Gasteiger partial charge in [0.15, 0.2) is 0 Å². The Labute approximate surface area is 134 Å². The molecule has 1 fully saturated rings. The monoisotopic (exact) mass is 354 g/mol. The van der Waals surface area contributed by atoms with Crippen LogP contribution in [0.1, 0.15) is 44.6 Å². The Kier molecular flexibility index (Phi) is 6.18. The van der Waals surface area contributed by atoms with Crippen LogP contribution in [0, 0.1) is 22.0 Å². The quantitative estimate of drug-likeness (QED) is 0.596. The third-order valence-electron chi connectivity index (χ3n) is 4.55. The summed E-state index contributed by atoms with van der Waals surface area (Å²) in [6, 6.07) is 5.20. The number of nitrogens with zero attached hydrogens (tertiary/aromatic N) is 1. The third-order valence-corrected chi connectivity index (χ3v) is 5.46. The third kappa shape index (κ3) is 4.51. The number of hydrogen-bond acceptors (Lipinski definition) is 3. The molecule has 1 aliphatic carbocycles. The lowest BCUT2D eigenvalue weighted by Gasteiger charge is -2.28. The molecule has 0 heterocycles. The van der Waals surface area contributed by atoms with E-state index >= 15 is 0 Å². The lowest BCUT2D eigenvalue weighted by Crippen LogP contribution is -2.26. The second kappa shape index (κ2) is 7.90. The van der Waals surface area contributed by atoms with Crippen molar-refractivity contribution in [2.75, 3.05) is 6.54 Å². The van der Waals surface area contributed by atoms with Crippen LogP contribution in [0.5, 0.6) is 0 Å². The predicted molar refractivity (Wildman–Crippen MR) is 88.2 cm³/mol. The van der Waals surface area contributed by atoms with Crippen LogP contribution in [0.25, 0.3) is 0 Å². The molecule has 1 aromatic rings. The highest BCUT2D eigenvalue weighted by Crippen LogP contribution is 2.31. The Morgan fingerprint density at radius 2 is 1.95 bits per heavy atom. The summed E-state index contributed by atoms with van der Waals surface area (Å²) in [6.07, 6.45) is 6.62. The topological polar surface area (TPSA) is 55.2 Å². The lowest BCUT2D eigenvalue weighted by molar-refractivity contribution is -0.385. The van der Waals surface area contributed by atoms with Gasteiger partial charge in [0.25, 0.3) is 5.69 Å². The standard InChI is InChI=1S/C16H23BrN2O2/c1-2-12-6-8-13(9-7-12)10-18-11-14-4-3-5-15(16(14)17)19(20)21/h3-5,12-13,18H,2,6-11H2,1H3. The van der Waals surface area contributed by atoms with E-state index in [1.807, 2.05) is 6.07 Å². The molecule has 1 N–H and O–H groups in total. The molecule has 0 aliphatic heterocycles. The zero-order valence-electron chi connectivity index (χ0n) is 12.5. The molecule has 0 spiro atoms. The normalized spacial score (nSPS) is 22.2. The summed E-state index contributed by atoms with van der Waals surface area (Å²) in [6.45, 7) is 3.96. The molecule has 0 saturated heterocycles. The van der Waals surface area contributed by atoms with Gasteiger partial charge in [0.2, 0.25) is 0 Å². The van der Waals surface area contributed by atoms with Gasteiger partial charge in [-0.2, -0.15) is 0 Å². The number of rotatable bonds is 6. The highest BCUT2D eigenvalue weighted by Gasteiger charge is 2.20. The maximum absolute atomic E-state index is 10.9. The van der Waals surface area contributed by atoms with Gasteiger partial charge in [-0.1, -0.05) is 38.3 Å². The molecule has 1 aromatic carbocycles. The average Bonchev–Trinajstić information content (AvgIpc) is 2.49. The van der Waals surface area contributed by atoms with Gasteiger partial charge in [0.1, 0.15) is 0 Å². The van der Waals surface area contributed by atoms with E-state index in [0.717, 1.165) is 23.9 Å². The van der Waals surface area contributed by atoms with Gasteiger partial charge >= 0.3 is 0 Å². The summed E-state index contributed by atoms with van der Waals surface area (Å²) in [5.74, 6) is 1.68. The second-order valence-electron chi connectivity index (χ2n) is 5.93. The first-order chi connectivity index (χ1) is 10.1. The van der Waals surface area contributed by atoms with E-state index < -0.39 is 0 Å². The zero-order valence-corrected chi connectivity index (χ0v) is 14.1. The van der Waals surface area contributed by atoms with Crippen molar-refractivity contribution in [3.63, 3.8) is 0 Å². The fraction of sp³-hybridized carbons (Fsp3) is 0.625. The average molecular weight is 355 g/mol. The Bertz CT molecular complexity index is 485. The molecule has 5 heteroatoms. The van der Waals surface area contributed by atoms with Crippen molar-refractivity contribution < 1.29 is 4.92 Å². The molecule has 0 atom stereocenters. The molecule has 1 aliphatic rings. The fourth-order valence-electron chi connectivity index (χ4n) is 3.10. The van der Waals surface area contributed by atoms with Crippen LogP contribution >= 0.6 is 15.9 Å². The van der Waals surface area contributed by atoms with Gasteiger partial charge in [0.05, 0.1) is 9.40 Å². The number of benzene rings is 1. The molecule has 116 valence electrons. The van der Waals surface area contributed by atoms with E-state index in [-0.39, 0.29) is 10.6 Å². The minimum atomic E-state index is -0.348. The van der Waals surface area contributed by atoms with E-state index in [0.29, 0.717) is 11.0 Å². The number of halogens is 1. The fourth-order valence-corrected chi connectivity index (χ4v) is 3.65. The summed E-state index contributed by atoms with van der Waals surface area (Å²) in [7, 11) is 0. The van der Waals surface area contributed by atoms with Gasteiger partial charge in [-0.05, 0) is 52.7 Å². The van der Waals surface area contributed by atoms with Crippen molar-refractivity contribution >= 4 is 21.6 Å². The van der Waals surface area contributed by atoms with Crippen LogP contribution in [-0.4, -0.2) is 11.5 Å². The molecule has 0 amide bonds. The number of nitrogens with one attached hydrogen (secondary N) is 1. The minimum Gasteiger partial charge on any atom is -0.312 e. The molecular weight excluding hydrogens is 332 g/mol. The summed E-state index contributed by atoms with van der Waals surface area (Å²) in [5.41, 5.74) is 1.09. The van der Waals surface area contributed by atoms with Gasteiger partial charge in [-0.15, -0.1) is 0 Å². The van der Waals surface area contributed by atoms with Gasteiger partial charge in [-0.25, -0.2) is 0 Å². The van der Waals surface area contributed by atoms with Crippen LogP contribution < -0.4 is 5.32 Å². The van der Waals surface area contributed by atoms with E-state index in [1.165, 1.54) is 38.2 Å². The Morgan fingerprint density at radius 3 is 2.57 bits per heavy atom. The molecular formula is C16H23BrN2O2. The molecule has 0 aromatic heterocycles. The largest absolute Gasteiger partial charge is 0.312 e. The van der Waals surface area contributed by atoms with Crippen molar-refractivity contribution in [3.05, 3.63) is 38.3 Å². The Hall–Kier alpha value is -0.940. The van der Waals surface area contributed by atoms with Crippen LogP contribution in [0.4, 0.5) is 5.69 Å². The van der Waals surface area contributed by atoms with Crippen molar-refractivity contribution in [3.8, 4) is 0 Å². The van der Waals surface area contributed by atoms with Gasteiger partial charge < -0.3 is 5.32 Å². The molecule has 21 heavy (non-hydrogen) atoms. The number of nitro benzene ring substituents is 1. The highest BCUT2D eigenvalue weighted by molar-refractivity contribution is 9.10. The van der Waals surface area contributed by atoms with Crippen molar-refractivity contribution in [1.29, 1.82) is 0 Å². The summed E-state index contributed by atoms with van der Waals surface area (Å²) in [5, 5.41) is 14.4. The van der Waals surface area contributed by atoms with Gasteiger partial charge in [-0.3, -0.25) is 10.1 Å². The predicted octanol–water partition coefficient (Wildman–Crippen LogP) is 4.66. The molecule has 1 saturated carbocycles. The molecule has 0 radical (unpaired) electrons. The summed E-state index contributed by atoms with van der Waals surface area (Å²) < 4.78 is 0.595. The molecule has 0 bridgehead atoms. The molecule has 0 unspecified atom stereocenters. The first kappa shape index (κ1) is 16.4. The summed E-state index contributed by atoms with van der Waals surface area (Å²) >= 11 is 3.34. The highest BCUT2D eigenvalue weighted by atomic mass is 79.9. The minimum absolute atomic E-state index is 0.137. The van der Waals surface area contributed by atoms with E-state index in [2.05, 4.69) is 28.2 Å². The van der Waals surface area contributed by atoms with Gasteiger partial charge in [0, 0.05) is 12.6 Å². The maximum atomic E-state index is 10.9. The van der Waals surface area contributed by atoms with Crippen LogP contribution in [-0.2, 0) is 6.54 Å². The number of hydrogen-bond donors (Lipinski definition) is 1.